The van der Waals surface area contributed by atoms with Crippen molar-refractivity contribution >= 4 is 34.9 Å². The Hall–Kier alpha value is -3.16. The van der Waals surface area contributed by atoms with E-state index in [4.69, 9.17) is 37.4 Å². The lowest BCUT2D eigenvalue weighted by Gasteiger charge is -2.16. The maximum absolute atomic E-state index is 14.0. The number of rotatable bonds is 9. The third-order valence-electron chi connectivity index (χ3n) is 4.64. The molecule has 0 atom stereocenters. The van der Waals surface area contributed by atoms with Gasteiger partial charge in [-0.15, -0.1) is 0 Å². The first-order valence-corrected chi connectivity index (χ1v) is 10.2. The lowest BCUT2D eigenvalue weighted by atomic mass is 10.1. The third kappa shape index (κ3) is 5.36. The Labute approximate surface area is 194 Å². The highest BCUT2D eigenvalue weighted by Gasteiger charge is 2.16. The summed E-state index contributed by atoms with van der Waals surface area (Å²) < 4.78 is 30.4. The lowest BCUT2D eigenvalue weighted by molar-refractivity contribution is 0.0697. The molecule has 0 bridgehead atoms. The summed E-state index contributed by atoms with van der Waals surface area (Å²) in [5.41, 5.74) is 1.59. The molecule has 0 heterocycles. The van der Waals surface area contributed by atoms with Crippen LogP contribution in [0.2, 0.25) is 10.0 Å². The summed E-state index contributed by atoms with van der Waals surface area (Å²) >= 11 is 12.5. The standard InChI is InChI=1S/C23H20Cl2FNO5/c1-30-20-7-6-14(23(28)29)10-19(20)27-11-13-8-17(25)22(21(9-13)31-2)32-12-15-16(24)4-3-5-18(15)26/h3-10,27H,11-12H2,1-2H3,(H,28,29). The summed E-state index contributed by atoms with van der Waals surface area (Å²) in [6.07, 6.45) is 0. The maximum Gasteiger partial charge on any atom is 0.335 e. The topological polar surface area (TPSA) is 77.0 Å². The van der Waals surface area contributed by atoms with E-state index < -0.39 is 11.8 Å². The number of carbonyl (C=O) groups is 1. The van der Waals surface area contributed by atoms with Crippen molar-refractivity contribution in [1.29, 1.82) is 0 Å². The number of benzene rings is 3. The third-order valence-corrected chi connectivity index (χ3v) is 5.28. The molecule has 0 saturated carbocycles. The van der Waals surface area contributed by atoms with E-state index in [-0.39, 0.29) is 33.5 Å². The molecule has 6 nitrogen and oxygen atoms in total. The van der Waals surface area contributed by atoms with Crippen LogP contribution >= 0.6 is 23.2 Å². The van der Waals surface area contributed by atoms with Crippen LogP contribution in [0.15, 0.2) is 48.5 Å². The number of hydrogen-bond donors (Lipinski definition) is 2. The van der Waals surface area contributed by atoms with Crippen molar-refractivity contribution in [2.45, 2.75) is 13.2 Å². The second-order valence-corrected chi connectivity index (χ2v) is 7.49. The molecular formula is C23H20Cl2FNO5. The molecule has 0 saturated heterocycles. The summed E-state index contributed by atoms with van der Waals surface area (Å²) in [6.45, 7) is 0.174. The van der Waals surface area contributed by atoms with Crippen LogP contribution in [0.4, 0.5) is 10.1 Å². The van der Waals surface area contributed by atoms with Crippen LogP contribution < -0.4 is 19.5 Å². The van der Waals surface area contributed by atoms with Gasteiger partial charge in [-0.2, -0.15) is 0 Å². The molecule has 0 spiro atoms. The smallest absolute Gasteiger partial charge is 0.335 e. The van der Waals surface area contributed by atoms with E-state index in [9.17, 15) is 14.3 Å². The fourth-order valence-electron chi connectivity index (χ4n) is 3.01. The van der Waals surface area contributed by atoms with E-state index >= 15 is 0 Å². The fourth-order valence-corrected chi connectivity index (χ4v) is 3.51. The number of carboxylic acid groups (broad SMARTS) is 1. The number of ether oxygens (including phenoxy) is 3. The molecule has 32 heavy (non-hydrogen) atoms. The van der Waals surface area contributed by atoms with Gasteiger partial charge in [0.1, 0.15) is 18.2 Å². The first-order valence-electron chi connectivity index (χ1n) is 9.41. The molecule has 3 rings (SSSR count). The SMILES string of the molecule is COc1ccc(C(=O)O)cc1NCc1cc(Cl)c(OCc2c(F)cccc2Cl)c(OC)c1. The average molecular weight is 480 g/mol. The fraction of sp³-hybridized carbons (Fsp3) is 0.174. The molecule has 0 unspecified atom stereocenters. The Morgan fingerprint density at radius 3 is 2.44 bits per heavy atom. The van der Waals surface area contributed by atoms with E-state index in [2.05, 4.69) is 5.32 Å². The zero-order chi connectivity index (χ0) is 23.3. The van der Waals surface area contributed by atoms with E-state index in [0.717, 1.165) is 5.56 Å². The number of halogens is 3. The van der Waals surface area contributed by atoms with Crippen molar-refractivity contribution in [2.75, 3.05) is 19.5 Å². The minimum absolute atomic E-state index is 0.125. The zero-order valence-electron chi connectivity index (χ0n) is 17.2. The highest BCUT2D eigenvalue weighted by atomic mass is 35.5. The summed E-state index contributed by atoms with van der Waals surface area (Å²) in [5.74, 6) is -0.423. The van der Waals surface area contributed by atoms with Gasteiger partial charge in [0, 0.05) is 12.1 Å². The van der Waals surface area contributed by atoms with Crippen molar-refractivity contribution in [2.24, 2.45) is 0 Å². The number of hydrogen-bond acceptors (Lipinski definition) is 5. The largest absolute Gasteiger partial charge is 0.495 e. The molecule has 0 fully saturated rings. The highest BCUT2D eigenvalue weighted by Crippen LogP contribution is 2.38. The molecule has 3 aromatic rings. The van der Waals surface area contributed by atoms with Gasteiger partial charge in [-0.1, -0.05) is 29.3 Å². The van der Waals surface area contributed by atoms with Crippen LogP contribution in [0, 0.1) is 5.82 Å². The Bertz CT molecular complexity index is 1120. The van der Waals surface area contributed by atoms with Gasteiger partial charge < -0.3 is 24.6 Å². The van der Waals surface area contributed by atoms with E-state index in [1.54, 1.807) is 24.3 Å². The normalized spacial score (nSPS) is 10.5. The van der Waals surface area contributed by atoms with Gasteiger partial charge in [0.15, 0.2) is 11.5 Å². The second kappa shape index (κ2) is 10.4. The number of methoxy groups -OCH3 is 2. The van der Waals surface area contributed by atoms with Gasteiger partial charge in [0.05, 0.1) is 35.5 Å². The molecule has 0 amide bonds. The van der Waals surface area contributed by atoms with Crippen molar-refractivity contribution in [3.8, 4) is 17.2 Å². The van der Waals surface area contributed by atoms with Crippen molar-refractivity contribution in [1.82, 2.24) is 0 Å². The molecule has 168 valence electrons. The predicted molar refractivity (Wildman–Crippen MR) is 121 cm³/mol. The van der Waals surface area contributed by atoms with Crippen LogP contribution in [0.1, 0.15) is 21.5 Å². The van der Waals surface area contributed by atoms with E-state index in [0.29, 0.717) is 23.7 Å². The molecular weight excluding hydrogens is 460 g/mol. The van der Waals surface area contributed by atoms with Crippen LogP contribution in [-0.2, 0) is 13.2 Å². The summed E-state index contributed by atoms with van der Waals surface area (Å²) in [4.78, 5) is 11.3. The quantitative estimate of drug-likeness (QED) is 0.389. The van der Waals surface area contributed by atoms with Gasteiger partial charge in [0.2, 0.25) is 0 Å². The van der Waals surface area contributed by atoms with Crippen molar-refractivity contribution in [3.63, 3.8) is 0 Å². The van der Waals surface area contributed by atoms with Crippen LogP contribution in [0.5, 0.6) is 17.2 Å². The van der Waals surface area contributed by atoms with Crippen molar-refractivity contribution < 1.29 is 28.5 Å². The Morgan fingerprint density at radius 2 is 1.78 bits per heavy atom. The zero-order valence-corrected chi connectivity index (χ0v) is 18.8. The summed E-state index contributed by atoms with van der Waals surface area (Å²) in [5, 5.41) is 12.9. The van der Waals surface area contributed by atoms with Crippen molar-refractivity contribution in [3.05, 3.63) is 81.1 Å². The van der Waals surface area contributed by atoms with E-state index in [1.807, 2.05) is 0 Å². The predicted octanol–water partition coefficient (Wildman–Crippen LogP) is 6.04. The monoisotopic (exact) mass is 479 g/mol. The Balaban J connectivity index is 1.80. The first-order chi connectivity index (χ1) is 15.3. The van der Waals surface area contributed by atoms with Crippen LogP contribution in [0.3, 0.4) is 0 Å². The van der Waals surface area contributed by atoms with Gasteiger partial charge in [-0.05, 0) is 48.0 Å². The molecule has 9 heteroatoms. The molecule has 0 aliphatic rings. The summed E-state index contributed by atoms with van der Waals surface area (Å²) in [7, 11) is 2.96. The molecule has 0 aliphatic heterocycles. The number of anilines is 1. The number of nitrogens with one attached hydrogen (secondary N) is 1. The van der Waals surface area contributed by atoms with Gasteiger partial charge in [0.25, 0.3) is 0 Å². The minimum Gasteiger partial charge on any atom is -0.495 e. The van der Waals surface area contributed by atoms with Gasteiger partial charge in [-0.25, -0.2) is 9.18 Å². The molecule has 0 aliphatic carbocycles. The van der Waals surface area contributed by atoms with Gasteiger partial charge >= 0.3 is 5.97 Å². The molecule has 2 N–H and O–H groups in total. The second-order valence-electron chi connectivity index (χ2n) is 6.67. The maximum atomic E-state index is 14.0. The van der Waals surface area contributed by atoms with Crippen LogP contribution in [0.25, 0.3) is 0 Å². The van der Waals surface area contributed by atoms with E-state index in [1.165, 1.54) is 38.5 Å². The Morgan fingerprint density at radius 1 is 1.03 bits per heavy atom. The molecule has 3 aromatic carbocycles. The number of carboxylic acids is 1. The molecule has 0 aromatic heterocycles. The van der Waals surface area contributed by atoms with Gasteiger partial charge in [-0.3, -0.25) is 0 Å². The number of aromatic carboxylic acids is 1. The van der Waals surface area contributed by atoms with Crippen LogP contribution in [-0.4, -0.2) is 25.3 Å². The first kappa shape index (κ1) is 23.5. The lowest BCUT2D eigenvalue weighted by Crippen LogP contribution is -2.05. The molecule has 0 radical (unpaired) electrons. The highest BCUT2D eigenvalue weighted by molar-refractivity contribution is 6.32. The Kier molecular flexibility index (Phi) is 7.66. The minimum atomic E-state index is -1.04. The average Bonchev–Trinajstić information content (AvgIpc) is 2.77. The summed E-state index contributed by atoms with van der Waals surface area (Å²) in [6, 6.07) is 12.3.